The molecule has 2 heterocycles. The maximum absolute atomic E-state index is 11.9. The lowest BCUT2D eigenvalue weighted by molar-refractivity contribution is 0.0948. The zero-order valence-electron chi connectivity index (χ0n) is 11.4. The van der Waals surface area contributed by atoms with Crippen molar-refractivity contribution in [3.8, 4) is 0 Å². The van der Waals surface area contributed by atoms with Crippen LogP contribution < -0.4 is 16.0 Å². The van der Waals surface area contributed by atoms with E-state index in [0.29, 0.717) is 24.6 Å². The molecular formula is C14H22N4O. The average Bonchev–Trinajstić information content (AvgIpc) is 2.98. The Morgan fingerprint density at radius 3 is 2.79 bits per heavy atom. The van der Waals surface area contributed by atoms with Gasteiger partial charge in [-0.3, -0.25) is 4.79 Å². The molecule has 5 nitrogen and oxygen atoms in total. The zero-order valence-corrected chi connectivity index (χ0v) is 11.4. The molecule has 0 spiro atoms. The molecule has 1 aromatic heterocycles. The van der Waals surface area contributed by atoms with Crippen molar-refractivity contribution in [1.82, 2.24) is 10.3 Å². The predicted octanol–water partition coefficient (Wildman–Crippen LogP) is 1.01. The summed E-state index contributed by atoms with van der Waals surface area (Å²) in [4.78, 5) is 18.5. The molecule has 3 N–H and O–H groups in total. The third kappa shape index (κ3) is 3.67. The number of nitrogens with two attached hydrogens (primary N) is 1. The van der Waals surface area contributed by atoms with E-state index in [9.17, 15) is 4.79 Å². The number of rotatable bonds is 5. The fourth-order valence-electron chi connectivity index (χ4n) is 2.11. The second-order valence-electron chi connectivity index (χ2n) is 5.15. The highest BCUT2D eigenvalue weighted by molar-refractivity contribution is 5.94. The Hall–Kier alpha value is -1.62. The Morgan fingerprint density at radius 2 is 2.21 bits per heavy atom. The quantitative estimate of drug-likeness (QED) is 0.830. The van der Waals surface area contributed by atoms with Crippen LogP contribution in [0.2, 0.25) is 0 Å². The largest absolute Gasteiger partial charge is 0.357 e. The molecule has 1 amide bonds. The molecule has 1 aliphatic rings. The molecule has 0 bridgehead atoms. The summed E-state index contributed by atoms with van der Waals surface area (Å²) in [6.45, 7) is 5.31. The van der Waals surface area contributed by atoms with Crippen LogP contribution in [0.3, 0.4) is 0 Å². The molecule has 0 saturated carbocycles. The second kappa shape index (κ2) is 6.52. The molecule has 0 radical (unpaired) electrons. The van der Waals surface area contributed by atoms with E-state index in [-0.39, 0.29) is 5.91 Å². The maximum atomic E-state index is 11.9. The molecule has 2 rings (SSSR count). The SMILES string of the molecule is CC(CN)CNC(=O)c1ccc(N2CCCC2)nc1. The lowest BCUT2D eigenvalue weighted by Gasteiger charge is -2.16. The molecule has 0 aromatic carbocycles. The lowest BCUT2D eigenvalue weighted by Crippen LogP contribution is -2.31. The summed E-state index contributed by atoms with van der Waals surface area (Å²) in [5.41, 5.74) is 6.12. The number of nitrogens with zero attached hydrogens (tertiary/aromatic N) is 2. The summed E-state index contributed by atoms with van der Waals surface area (Å²) in [6.07, 6.45) is 4.10. The Kier molecular flexibility index (Phi) is 4.74. The number of carbonyl (C=O) groups excluding carboxylic acids is 1. The van der Waals surface area contributed by atoms with E-state index in [4.69, 9.17) is 5.73 Å². The van der Waals surface area contributed by atoms with Crippen LogP contribution in [0.25, 0.3) is 0 Å². The Balaban J connectivity index is 1.92. The third-order valence-electron chi connectivity index (χ3n) is 3.45. The minimum atomic E-state index is -0.0826. The van der Waals surface area contributed by atoms with Gasteiger partial charge in [0.15, 0.2) is 0 Å². The minimum Gasteiger partial charge on any atom is -0.357 e. The van der Waals surface area contributed by atoms with Crippen molar-refractivity contribution in [1.29, 1.82) is 0 Å². The Morgan fingerprint density at radius 1 is 1.47 bits per heavy atom. The number of anilines is 1. The highest BCUT2D eigenvalue weighted by atomic mass is 16.1. The summed E-state index contributed by atoms with van der Waals surface area (Å²) < 4.78 is 0. The van der Waals surface area contributed by atoms with Gasteiger partial charge in [-0.1, -0.05) is 6.92 Å². The fourth-order valence-corrected chi connectivity index (χ4v) is 2.11. The Bertz CT molecular complexity index is 412. The van der Waals surface area contributed by atoms with Gasteiger partial charge >= 0.3 is 0 Å². The number of nitrogens with one attached hydrogen (secondary N) is 1. The Labute approximate surface area is 114 Å². The first kappa shape index (κ1) is 13.8. The van der Waals surface area contributed by atoms with Crippen molar-refractivity contribution < 1.29 is 4.79 Å². The van der Waals surface area contributed by atoms with Crippen LogP contribution in [0, 0.1) is 5.92 Å². The smallest absolute Gasteiger partial charge is 0.252 e. The van der Waals surface area contributed by atoms with Crippen molar-refractivity contribution >= 4 is 11.7 Å². The van der Waals surface area contributed by atoms with Gasteiger partial charge in [-0.25, -0.2) is 4.98 Å². The van der Waals surface area contributed by atoms with Crippen LogP contribution in [0.1, 0.15) is 30.1 Å². The molecule has 1 aromatic rings. The van der Waals surface area contributed by atoms with Gasteiger partial charge in [-0.05, 0) is 37.4 Å². The summed E-state index contributed by atoms with van der Waals surface area (Å²) in [5, 5.41) is 2.87. The van der Waals surface area contributed by atoms with E-state index < -0.39 is 0 Å². The van der Waals surface area contributed by atoms with Crippen LogP contribution in [0.5, 0.6) is 0 Å². The van der Waals surface area contributed by atoms with Crippen molar-refractivity contribution in [3.63, 3.8) is 0 Å². The monoisotopic (exact) mass is 262 g/mol. The molecule has 1 fully saturated rings. The van der Waals surface area contributed by atoms with E-state index in [2.05, 4.69) is 15.2 Å². The van der Waals surface area contributed by atoms with Crippen LogP contribution >= 0.6 is 0 Å². The lowest BCUT2D eigenvalue weighted by atomic mass is 10.2. The van der Waals surface area contributed by atoms with Crippen molar-refractivity contribution in [3.05, 3.63) is 23.9 Å². The molecule has 1 saturated heterocycles. The summed E-state index contributed by atoms with van der Waals surface area (Å²) in [5.74, 6) is 1.17. The first-order valence-electron chi connectivity index (χ1n) is 6.90. The standard InChI is InChI=1S/C14H22N4O/c1-11(8-15)9-17-14(19)12-4-5-13(16-10-12)18-6-2-3-7-18/h4-5,10-11H,2-3,6-9,15H2,1H3,(H,17,19). The van der Waals surface area contributed by atoms with Gasteiger partial charge in [0.2, 0.25) is 0 Å². The van der Waals surface area contributed by atoms with E-state index in [1.807, 2.05) is 19.1 Å². The number of pyridine rings is 1. The average molecular weight is 262 g/mol. The van der Waals surface area contributed by atoms with Crippen molar-refractivity contribution in [2.24, 2.45) is 11.7 Å². The fraction of sp³-hybridized carbons (Fsp3) is 0.571. The summed E-state index contributed by atoms with van der Waals surface area (Å²) >= 11 is 0. The highest BCUT2D eigenvalue weighted by Gasteiger charge is 2.14. The number of hydrogen-bond donors (Lipinski definition) is 2. The van der Waals surface area contributed by atoms with Gasteiger partial charge in [0.1, 0.15) is 5.82 Å². The first-order valence-corrected chi connectivity index (χ1v) is 6.90. The van der Waals surface area contributed by atoms with Gasteiger partial charge in [-0.2, -0.15) is 0 Å². The third-order valence-corrected chi connectivity index (χ3v) is 3.45. The summed E-state index contributed by atoms with van der Waals surface area (Å²) in [6, 6.07) is 3.76. The number of aromatic nitrogens is 1. The number of hydrogen-bond acceptors (Lipinski definition) is 4. The molecular weight excluding hydrogens is 240 g/mol. The van der Waals surface area contributed by atoms with E-state index >= 15 is 0 Å². The first-order chi connectivity index (χ1) is 9.20. The molecule has 1 unspecified atom stereocenters. The number of carbonyl (C=O) groups is 1. The molecule has 1 aliphatic heterocycles. The van der Waals surface area contributed by atoms with E-state index in [1.165, 1.54) is 12.8 Å². The van der Waals surface area contributed by atoms with Crippen LogP contribution in [0.4, 0.5) is 5.82 Å². The zero-order chi connectivity index (χ0) is 13.7. The van der Waals surface area contributed by atoms with Crippen molar-refractivity contribution in [2.75, 3.05) is 31.1 Å². The van der Waals surface area contributed by atoms with Crippen LogP contribution in [-0.2, 0) is 0 Å². The molecule has 0 aliphatic carbocycles. The molecule has 5 heteroatoms. The van der Waals surface area contributed by atoms with Crippen molar-refractivity contribution in [2.45, 2.75) is 19.8 Å². The minimum absolute atomic E-state index is 0.0826. The van der Waals surface area contributed by atoms with E-state index in [1.54, 1.807) is 6.20 Å². The molecule has 19 heavy (non-hydrogen) atoms. The topological polar surface area (TPSA) is 71.2 Å². The van der Waals surface area contributed by atoms with Gasteiger partial charge < -0.3 is 16.0 Å². The molecule has 104 valence electrons. The predicted molar refractivity (Wildman–Crippen MR) is 76.2 cm³/mol. The van der Waals surface area contributed by atoms with Gasteiger partial charge in [0.25, 0.3) is 5.91 Å². The van der Waals surface area contributed by atoms with Crippen LogP contribution in [-0.4, -0.2) is 37.1 Å². The normalized spacial score (nSPS) is 16.4. The summed E-state index contributed by atoms with van der Waals surface area (Å²) in [7, 11) is 0. The van der Waals surface area contributed by atoms with Crippen LogP contribution in [0.15, 0.2) is 18.3 Å². The maximum Gasteiger partial charge on any atom is 0.252 e. The second-order valence-corrected chi connectivity index (χ2v) is 5.15. The number of amides is 1. The van der Waals surface area contributed by atoms with Gasteiger partial charge in [0.05, 0.1) is 5.56 Å². The van der Waals surface area contributed by atoms with Gasteiger partial charge in [0, 0.05) is 25.8 Å². The highest BCUT2D eigenvalue weighted by Crippen LogP contribution is 2.17. The van der Waals surface area contributed by atoms with E-state index in [0.717, 1.165) is 18.9 Å². The molecule has 1 atom stereocenters. The van der Waals surface area contributed by atoms with Gasteiger partial charge in [-0.15, -0.1) is 0 Å².